The van der Waals surface area contributed by atoms with Gasteiger partial charge in [-0.2, -0.15) is 0 Å². The van der Waals surface area contributed by atoms with Crippen molar-refractivity contribution in [2.45, 2.75) is 32.9 Å². The molecule has 4 nitrogen and oxygen atoms in total. The van der Waals surface area contributed by atoms with Crippen molar-refractivity contribution in [3.05, 3.63) is 53.4 Å². The summed E-state index contributed by atoms with van der Waals surface area (Å²) in [4.78, 5) is 4.93. The van der Waals surface area contributed by atoms with Gasteiger partial charge >= 0.3 is 0 Å². The number of benzene rings is 1. The standard InChI is InChI=1S/C19H27N3O/c1-16-12-19(23-20-16)15-22-10-8-18(9-11-22)14-21(2)13-17-6-4-3-5-7-17/h3-7,12,18H,8-11,13-15H2,1-2H3. The van der Waals surface area contributed by atoms with Gasteiger partial charge in [-0.25, -0.2) is 0 Å². The van der Waals surface area contributed by atoms with E-state index >= 15 is 0 Å². The lowest BCUT2D eigenvalue weighted by atomic mass is 9.96. The molecular weight excluding hydrogens is 286 g/mol. The van der Waals surface area contributed by atoms with Crippen LogP contribution in [0, 0.1) is 12.8 Å². The van der Waals surface area contributed by atoms with Crippen LogP contribution in [-0.2, 0) is 13.1 Å². The maximum absolute atomic E-state index is 5.32. The van der Waals surface area contributed by atoms with Crippen LogP contribution in [0.1, 0.15) is 29.9 Å². The fourth-order valence-corrected chi connectivity index (χ4v) is 3.44. The number of nitrogens with zero attached hydrogens (tertiary/aromatic N) is 3. The smallest absolute Gasteiger partial charge is 0.150 e. The lowest BCUT2D eigenvalue weighted by Crippen LogP contribution is -2.37. The van der Waals surface area contributed by atoms with Crippen LogP contribution in [0.25, 0.3) is 0 Å². The van der Waals surface area contributed by atoms with Crippen LogP contribution in [0.5, 0.6) is 0 Å². The molecule has 4 heteroatoms. The summed E-state index contributed by atoms with van der Waals surface area (Å²) in [6, 6.07) is 12.8. The molecule has 3 rings (SSSR count). The monoisotopic (exact) mass is 313 g/mol. The molecule has 1 aromatic heterocycles. The van der Waals surface area contributed by atoms with Crippen molar-refractivity contribution >= 4 is 0 Å². The number of piperidine rings is 1. The summed E-state index contributed by atoms with van der Waals surface area (Å²) in [5, 5.41) is 3.97. The fourth-order valence-electron chi connectivity index (χ4n) is 3.44. The van der Waals surface area contributed by atoms with E-state index in [2.05, 4.69) is 52.3 Å². The van der Waals surface area contributed by atoms with Gasteiger partial charge in [-0.3, -0.25) is 4.90 Å². The number of aryl methyl sites for hydroxylation is 1. The van der Waals surface area contributed by atoms with Crippen molar-refractivity contribution < 1.29 is 4.52 Å². The third-order valence-corrected chi connectivity index (χ3v) is 4.63. The minimum Gasteiger partial charge on any atom is -0.360 e. The van der Waals surface area contributed by atoms with Crippen molar-refractivity contribution in [2.24, 2.45) is 5.92 Å². The molecule has 0 atom stereocenters. The van der Waals surface area contributed by atoms with Crippen LogP contribution in [0.15, 0.2) is 40.9 Å². The van der Waals surface area contributed by atoms with Crippen molar-refractivity contribution in [3.8, 4) is 0 Å². The molecule has 0 unspecified atom stereocenters. The van der Waals surface area contributed by atoms with Gasteiger partial charge in [0.2, 0.25) is 0 Å². The lowest BCUT2D eigenvalue weighted by Gasteiger charge is -2.33. The van der Waals surface area contributed by atoms with E-state index in [0.29, 0.717) is 0 Å². The minimum absolute atomic E-state index is 0.802. The first kappa shape index (κ1) is 16.2. The second-order valence-electron chi connectivity index (χ2n) is 6.84. The zero-order valence-electron chi connectivity index (χ0n) is 14.2. The Bertz CT molecular complexity index is 588. The maximum atomic E-state index is 5.32. The van der Waals surface area contributed by atoms with Crippen LogP contribution < -0.4 is 0 Å². The predicted molar refractivity (Wildman–Crippen MR) is 92.0 cm³/mol. The molecule has 0 radical (unpaired) electrons. The molecule has 124 valence electrons. The topological polar surface area (TPSA) is 32.5 Å². The largest absolute Gasteiger partial charge is 0.360 e. The average molecular weight is 313 g/mol. The molecule has 0 bridgehead atoms. The zero-order chi connectivity index (χ0) is 16.1. The van der Waals surface area contributed by atoms with Gasteiger partial charge in [0.05, 0.1) is 12.2 Å². The summed E-state index contributed by atoms with van der Waals surface area (Å²) in [7, 11) is 2.23. The van der Waals surface area contributed by atoms with Crippen LogP contribution >= 0.6 is 0 Å². The highest BCUT2D eigenvalue weighted by Crippen LogP contribution is 2.20. The number of likely N-dealkylation sites (tertiary alicyclic amines) is 1. The molecule has 1 aromatic carbocycles. The Balaban J connectivity index is 1.40. The minimum atomic E-state index is 0.802. The second-order valence-corrected chi connectivity index (χ2v) is 6.84. The van der Waals surface area contributed by atoms with Gasteiger partial charge in [0.15, 0.2) is 5.76 Å². The van der Waals surface area contributed by atoms with E-state index < -0.39 is 0 Å². The molecule has 1 aliphatic rings. The summed E-state index contributed by atoms with van der Waals surface area (Å²) >= 11 is 0. The van der Waals surface area contributed by atoms with Gasteiger partial charge in [-0.05, 0) is 51.4 Å². The number of hydrogen-bond donors (Lipinski definition) is 0. The highest BCUT2D eigenvalue weighted by atomic mass is 16.5. The lowest BCUT2D eigenvalue weighted by molar-refractivity contribution is 0.137. The Hall–Kier alpha value is -1.65. The van der Waals surface area contributed by atoms with Gasteiger partial charge < -0.3 is 9.42 Å². The van der Waals surface area contributed by atoms with Gasteiger partial charge in [0.1, 0.15) is 0 Å². The van der Waals surface area contributed by atoms with Crippen molar-refractivity contribution in [3.63, 3.8) is 0 Å². The molecule has 1 saturated heterocycles. The van der Waals surface area contributed by atoms with E-state index in [0.717, 1.165) is 43.6 Å². The fraction of sp³-hybridized carbons (Fsp3) is 0.526. The molecular formula is C19H27N3O. The molecule has 0 spiro atoms. The number of hydrogen-bond acceptors (Lipinski definition) is 4. The van der Waals surface area contributed by atoms with Crippen LogP contribution in [0.3, 0.4) is 0 Å². The Morgan fingerprint density at radius 2 is 1.96 bits per heavy atom. The molecule has 0 amide bonds. The average Bonchev–Trinajstić information content (AvgIpc) is 2.95. The van der Waals surface area contributed by atoms with Gasteiger partial charge in [-0.15, -0.1) is 0 Å². The first-order chi connectivity index (χ1) is 11.2. The SMILES string of the molecule is Cc1cc(CN2CCC(CN(C)Cc3ccccc3)CC2)on1. The number of aromatic nitrogens is 1. The Morgan fingerprint density at radius 3 is 2.61 bits per heavy atom. The molecule has 23 heavy (non-hydrogen) atoms. The van der Waals surface area contributed by atoms with E-state index in [1.165, 1.54) is 24.9 Å². The van der Waals surface area contributed by atoms with Crippen LogP contribution in [0.2, 0.25) is 0 Å². The molecule has 1 fully saturated rings. The first-order valence-electron chi connectivity index (χ1n) is 8.56. The molecule has 0 N–H and O–H groups in total. The van der Waals surface area contributed by atoms with Crippen molar-refractivity contribution in [1.82, 2.24) is 15.0 Å². The van der Waals surface area contributed by atoms with Crippen molar-refractivity contribution in [2.75, 3.05) is 26.7 Å². The highest BCUT2D eigenvalue weighted by Gasteiger charge is 2.21. The van der Waals surface area contributed by atoms with E-state index in [4.69, 9.17) is 4.52 Å². The van der Waals surface area contributed by atoms with E-state index in [1.54, 1.807) is 0 Å². The first-order valence-corrected chi connectivity index (χ1v) is 8.56. The van der Waals surface area contributed by atoms with Gasteiger partial charge in [0, 0.05) is 19.2 Å². The molecule has 2 aromatic rings. The third kappa shape index (κ3) is 4.91. The Morgan fingerprint density at radius 1 is 1.22 bits per heavy atom. The highest BCUT2D eigenvalue weighted by molar-refractivity contribution is 5.14. The quantitative estimate of drug-likeness (QED) is 0.819. The van der Waals surface area contributed by atoms with Crippen molar-refractivity contribution in [1.29, 1.82) is 0 Å². The summed E-state index contributed by atoms with van der Waals surface area (Å²) in [6.45, 7) is 7.41. The summed E-state index contributed by atoms with van der Waals surface area (Å²) in [6.07, 6.45) is 2.54. The maximum Gasteiger partial charge on any atom is 0.150 e. The molecule has 0 aliphatic carbocycles. The molecule has 0 saturated carbocycles. The predicted octanol–water partition coefficient (Wildman–Crippen LogP) is 3.33. The normalized spacial score (nSPS) is 17.0. The van der Waals surface area contributed by atoms with E-state index in [1.807, 2.05) is 13.0 Å². The Labute approximate surface area is 139 Å². The molecule has 1 aliphatic heterocycles. The van der Waals surface area contributed by atoms with Crippen LogP contribution in [0.4, 0.5) is 0 Å². The zero-order valence-corrected chi connectivity index (χ0v) is 14.2. The van der Waals surface area contributed by atoms with Gasteiger partial charge in [-0.1, -0.05) is 35.5 Å². The second kappa shape index (κ2) is 7.75. The van der Waals surface area contributed by atoms with E-state index in [9.17, 15) is 0 Å². The third-order valence-electron chi connectivity index (χ3n) is 4.63. The summed E-state index contributed by atoms with van der Waals surface area (Å²) in [5.74, 6) is 1.79. The summed E-state index contributed by atoms with van der Waals surface area (Å²) < 4.78 is 5.32. The van der Waals surface area contributed by atoms with Crippen LogP contribution in [-0.4, -0.2) is 41.6 Å². The Kier molecular flexibility index (Phi) is 5.47. The van der Waals surface area contributed by atoms with Gasteiger partial charge in [0.25, 0.3) is 0 Å². The summed E-state index contributed by atoms with van der Waals surface area (Å²) in [5.41, 5.74) is 2.37. The molecule has 2 heterocycles. The number of rotatable bonds is 6. The van der Waals surface area contributed by atoms with E-state index in [-0.39, 0.29) is 0 Å².